The molecule has 2 unspecified atom stereocenters. The second-order valence-corrected chi connectivity index (χ2v) is 4.66. The molecule has 2 nitrogen and oxygen atoms in total. The van der Waals surface area contributed by atoms with Crippen LogP contribution in [-0.4, -0.2) is 5.91 Å². The lowest BCUT2D eigenvalue weighted by molar-refractivity contribution is -0.137. The average molecular weight is 273 g/mol. The molecule has 2 atom stereocenters. The molecule has 1 rings (SSSR count). The van der Waals surface area contributed by atoms with Gasteiger partial charge in [0.15, 0.2) is 0 Å². The first kappa shape index (κ1) is 15.5. The molecule has 1 aromatic carbocycles. The molecular formula is C14H18F3NO. The molecule has 0 saturated carbocycles. The summed E-state index contributed by atoms with van der Waals surface area (Å²) in [7, 11) is 0. The third-order valence-electron chi connectivity index (χ3n) is 3.13. The molecule has 0 aliphatic heterocycles. The van der Waals surface area contributed by atoms with E-state index in [1.807, 2.05) is 6.92 Å². The van der Waals surface area contributed by atoms with E-state index in [1.165, 1.54) is 6.07 Å². The van der Waals surface area contributed by atoms with Gasteiger partial charge in [-0.25, -0.2) is 0 Å². The lowest BCUT2D eigenvalue weighted by atomic mass is 10.0. The Kier molecular flexibility index (Phi) is 4.97. The van der Waals surface area contributed by atoms with E-state index in [0.29, 0.717) is 12.0 Å². The van der Waals surface area contributed by atoms with Gasteiger partial charge < -0.3 is 5.32 Å². The van der Waals surface area contributed by atoms with Gasteiger partial charge in [0.25, 0.3) is 0 Å². The molecule has 1 aromatic rings. The first-order valence-electron chi connectivity index (χ1n) is 6.23. The Morgan fingerprint density at radius 1 is 1.32 bits per heavy atom. The smallest absolute Gasteiger partial charge is 0.349 e. The van der Waals surface area contributed by atoms with Crippen LogP contribution in [0.2, 0.25) is 0 Å². The van der Waals surface area contributed by atoms with Gasteiger partial charge in [0.2, 0.25) is 5.91 Å². The Bertz CT molecular complexity index is 443. The summed E-state index contributed by atoms with van der Waals surface area (Å²) >= 11 is 0. The number of amides is 1. The zero-order chi connectivity index (χ0) is 14.6. The van der Waals surface area contributed by atoms with Crippen molar-refractivity contribution in [1.82, 2.24) is 5.32 Å². The summed E-state index contributed by atoms with van der Waals surface area (Å²) in [6.07, 6.45) is -3.67. The summed E-state index contributed by atoms with van der Waals surface area (Å²) in [5.74, 6) is -0.291. The number of halogens is 3. The normalized spacial score (nSPS) is 14.8. The van der Waals surface area contributed by atoms with Gasteiger partial charge in [-0.1, -0.05) is 26.0 Å². The van der Waals surface area contributed by atoms with Crippen molar-refractivity contribution in [2.24, 2.45) is 5.92 Å². The van der Waals surface area contributed by atoms with Crippen LogP contribution in [0.25, 0.3) is 0 Å². The van der Waals surface area contributed by atoms with E-state index >= 15 is 0 Å². The Balaban J connectivity index is 2.83. The molecule has 0 aromatic heterocycles. The summed E-state index contributed by atoms with van der Waals surface area (Å²) in [6.45, 7) is 5.35. The highest BCUT2D eigenvalue weighted by atomic mass is 19.4. The summed E-state index contributed by atoms with van der Waals surface area (Å²) < 4.78 is 37.8. The lowest BCUT2D eigenvalue weighted by Gasteiger charge is -2.18. The minimum absolute atomic E-state index is 0.145. The molecule has 1 N–H and O–H groups in total. The van der Waals surface area contributed by atoms with Crippen LogP contribution in [0.1, 0.15) is 44.4 Å². The van der Waals surface area contributed by atoms with Crippen molar-refractivity contribution >= 4 is 5.91 Å². The Labute approximate surface area is 111 Å². The standard InChI is InChI=1S/C14H18F3NO/c1-4-9(2)13(19)18-10(3)11-6-5-7-12(8-11)14(15,16)17/h5-10H,4H2,1-3H3,(H,18,19). The molecule has 1 amide bonds. The molecule has 0 radical (unpaired) electrons. The summed E-state index contributed by atoms with van der Waals surface area (Å²) in [5, 5.41) is 2.72. The van der Waals surface area contributed by atoms with Crippen molar-refractivity contribution in [3.63, 3.8) is 0 Å². The predicted molar refractivity (Wildman–Crippen MR) is 67.5 cm³/mol. The maximum atomic E-state index is 12.6. The second-order valence-electron chi connectivity index (χ2n) is 4.66. The van der Waals surface area contributed by atoms with Gasteiger partial charge in [-0.15, -0.1) is 0 Å². The number of carbonyl (C=O) groups is 1. The van der Waals surface area contributed by atoms with E-state index < -0.39 is 17.8 Å². The van der Waals surface area contributed by atoms with Gasteiger partial charge in [-0.3, -0.25) is 4.79 Å². The van der Waals surface area contributed by atoms with Gasteiger partial charge in [-0.2, -0.15) is 13.2 Å². The van der Waals surface area contributed by atoms with E-state index in [1.54, 1.807) is 19.9 Å². The van der Waals surface area contributed by atoms with E-state index in [4.69, 9.17) is 0 Å². The van der Waals surface area contributed by atoms with Crippen molar-refractivity contribution < 1.29 is 18.0 Å². The maximum absolute atomic E-state index is 12.6. The first-order chi connectivity index (χ1) is 8.75. The highest BCUT2D eigenvalue weighted by Crippen LogP contribution is 2.30. The third-order valence-corrected chi connectivity index (χ3v) is 3.13. The Morgan fingerprint density at radius 2 is 1.95 bits per heavy atom. The minimum atomic E-state index is -4.36. The van der Waals surface area contributed by atoms with Crippen LogP contribution >= 0.6 is 0 Å². The fourth-order valence-corrected chi connectivity index (χ4v) is 1.61. The van der Waals surface area contributed by atoms with Crippen LogP contribution in [0.3, 0.4) is 0 Å². The summed E-state index contributed by atoms with van der Waals surface area (Å²) in [6, 6.07) is 4.58. The minimum Gasteiger partial charge on any atom is -0.349 e. The molecule has 0 spiro atoms. The number of nitrogens with one attached hydrogen (secondary N) is 1. The Hall–Kier alpha value is -1.52. The zero-order valence-corrected chi connectivity index (χ0v) is 11.2. The van der Waals surface area contributed by atoms with Crippen LogP contribution in [0.15, 0.2) is 24.3 Å². The van der Waals surface area contributed by atoms with Gasteiger partial charge in [0.1, 0.15) is 0 Å². The largest absolute Gasteiger partial charge is 0.416 e. The fourth-order valence-electron chi connectivity index (χ4n) is 1.61. The number of carbonyl (C=O) groups excluding carboxylic acids is 1. The van der Waals surface area contributed by atoms with Crippen LogP contribution < -0.4 is 5.32 Å². The van der Waals surface area contributed by atoms with Gasteiger partial charge in [0, 0.05) is 5.92 Å². The van der Waals surface area contributed by atoms with Crippen molar-refractivity contribution in [3.05, 3.63) is 35.4 Å². The molecule has 0 bridgehead atoms. The predicted octanol–water partition coefficient (Wildman–Crippen LogP) is 3.93. The fraction of sp³-hybridized carbons (Fsp3) is 0.500. The molecule has 5 heteroatoms. The first-order valence-corrected chi connectivity index (χ1v) is 6.23. The van der Waals surface area contributed by atoms with E-state index in [0.717, 1.165) is 12.1 Å². The Morgan fingerprint density at radius 3 is 2.47 bits per heavy atom. The van der Waals surface area contributed by atoms with Gasteiger partial charge in [-0.05, 0) is 31.0 Å². The van der Waals surface area contributed by atoms with Gasteiger partial charge in [0.05, 0.1) is 11.6 Å². The molecule has 0 heterocycles. The van der Waals surface area contributed by atoms with Crippen molar-refractivity contribution in [3.8, 4) is 0 Å². The van der Waals surface area contributed by atoms with Crippen LogP contribution in [-0.2, 0) is 11.0 Å². The van der Waals surface area contributed by atoms with Crippen molar-refractivity contribution in [2.45, 2.75) is 39.4 Å². The van der Waals surface area contributed by atoms with Crippen molar-refractivity contribution in [1.29, 1.82) is 0 Å². The molecular weight excluding hydrogens is 255 g/mol. The average Bonchev–Trinajstić information content (AvgIpc) is 2.36. The molecule has 0 aliphatic carbocycles. The second kappa shape index (κ2) is 6.08. The number of hydrogen-bond acceptors (Lipinski definition) is 1. The highest BCUT2D eigenvalue weighted by molar-refractivity contribution is 5.78. The quantitative estimate of drug-likeness (QED) is 0.884. The molecule has 19 heavy (non-hydrogen) atoms. The maximum Gasteiger partial charge on any atom is 0.416 e. The topological polar surface area (TPSA) is 29.1 Å². The molecule has 106 valence electrons. The summed E-state index contributed by atoms with van der Waals surface area (Å²) in [4.78, 5) is 11.7. The number of hydrogen-bond donors (Lipinski definition) is 1. The zero-order valence-electron chi connectivity index (χ0n) is 11.2. The van der Waals surface area contributed by atoms with Gasteiger partial charge >= 0.3 is 6.18 Å². The van der Waals surface area contributed by atoms with Crippen LogP contribution in [0.4, 0.5) is 13.2 Å². The van der Waals surface area contributed by atoms with Crippen LogP contribution in [0.5, 0.6) is 0 Å². The molecule has 0 aliphatic rings. The lowest BCUT2D eigenvalue weighted by Crippen LogP contribution is -2.31. The SMILES string of the molecule is CCC(C)C(=O)NC(C)c1cccc(C(F)(F)F)c1. The molecule has 0 saturated heterocycles. The van der Waals surface area contributed by atoms with E-state index in [9.17, 15) is 18.0 Å². The highest BCUT2D eigenvalue weighted by Gasteiger charge is 2.30. The number of alkyl halides is 3. The summed E-state index contributed by atoms with van der Waals surface area (Å²) in [5.41, 5.74) is -0.249. The van der Waals surface area contributed by atoms with E-state index in [2.05, 4.69) is 5.32 Å². The number of rotatable bonds is 4. The molecule has 0 fully saturated rings. The number of benzene rings is 1. The van der Waals surface area contributed by atoms with E-state index in [-0.39, 0.29) is 11.8 Å². The third kappa shape index (κ3) is 4.26. The van der Waals surface area contributed by atoms with Crippen molar-refractivity contribution in [2.75, 3.05) is 0 Å². The monoisotopic (exact) mass is 273 g/mol. The van der Waals surface area contributed by atoms with Crippen LogP contribution in [0, 0.1) is 5.92 Å².